The highest BCUT2D eigenvalue weighted by atomic mass is 16.5. The quantitative estimate of drug-likeness (QED) is 0.522. The molecule has 2 amide bonds. The maximum atomic E-state index is 13.5. The Bertz CT molecular complexity index is 1230. The van der Waals surface area contributed by atoms with Gasteiger partial charge in [-0.3, -0.25) is 14.5 Å². The summed E-state index contributed by atoms with van der Waals surface area (Å²) in [6.07, 6.45) is 0.569. The van der Waals surface area contributed by atoms with E-state index in [2.05, 4.69) is 5.32 Å². The molecular weight excluding hydrogens is 412 g/mol. The second-order valence-corrected chi connectivity index (χ2v) is 8.40. The SMILES string of the molecule is COc1ccc(CCN2C(=O)C(Nc3ccc(C)cc3)=C(c3ccc(C)c(C)c3)C2=O)cc1. The number of benzene rings is 3. The molecule has 0 fully saturated rings. The van der Waals surface area contributed by atoms with Crippen molar-refractivity contribution < 1.29 is 14.3 Å². The van der Waals surface area contributed by atoms with Crippen LogP contribution in [0.1, 0.15) is 27.8 Å². The molecule has 0 radical (unpaired) electrons. The van der Waals surface area contributed by atoms with Crippen LogP contribution in [-0.2, 0) is 16.0 Å². The molecule has 0 unspecified atom stereocenters. The fraction of sp³-hybridized carbons (Fsp3) is 0.214. The van der Waals surface area contributed by atoms with E-state index in [1.807, 2.05) is 87.5 Å². The molecule has 168 valence electrons. The summed E-state index contributed by atoms with van der Waals surface area (Å²) < 4.78 is 5.21. The van der Waals surface area contributed by atoms with Gasteiger partial charge in [0, 0.05) is 12.2 Å². The maximum absolute atomic E-state index is 13.5. The molecule has 5 nitrogen and oxygen atoms in total. The van der Waals surface area contributed by atoms with Gasteiger partial charge in [0.2, 0.25) is 0 Å². The van der Waals surface area contributed by atoms with E-state index in [1.54, 1.807) is 7.11 Å². The fourth-order valence-electron chi connectivity index (χ4n) is 3.87. The molecule has 4 rings (SSSR count). The Kier molecular flexibility index (Phi) is 6.31. The van der Waals surface area contributed by atoms with Crippen molar-refractivity contribution in [3.8, 4) is 5.75 Å². The highest BCUT2D eigenvalue weighted by Gasteiger charge is 2.39. The summed E-state index contributed by atoms with van der Waals surface area (Å²) in [6.45, 7) is 6.35. The van der Waals surface area contributed by atoms with Crippen molar-refractivity contribution in [2.75, 3.05) is 19.0 Å². The van der Waals surface area contributed by atoms with Gasteiger partial charge in [0.15, 0.2) is 0 Å². The van der Waals surface area contributed by atoms with Gasteiger partial charge in [-0.25, -0.2) is 0 Å². The summed E-state index contributed by atoms with van der Waals surface area (Å²) in [7, 11) is 1.62. The van der Waals surface area contributed by atoms with Gasteiger partial charge in [-0.05, 0) is 73.7 Å². The fourth-order valence-corrected chi connectivity index (χ4v) is 3.87. The van der Waals surface area contributed by atoms with E-state index in [1.165, 1.54) is 4.90 Å². The number of hydrogen-bond acceptors (Lipinski definition) is 4. The van der Waals surface area contributed by atoms with Gasteiger partial charge in [0.1, 0.15) is 11.4 Å². The maximum Gasteiger partial charge on any atom is 0.278 e. The van der Waals surface area contributed by atoms with Crippen molar-refractivity contribution in [2.45, 2.75) is 27.2 Å². The predicted octanol–water partition coefficient (Wildman–Crippen LogP) is 5.06. The highest BCUT2D eigenvalue weighted by Crippen LogP contribution is 2.31. The average molecular weight is 441 g/mol. The zero-order chi connectivity index (χ0) is 23.5. The Balaban J connectivity index is 1.65. The second-order valence-electron chi connectivity index (χ2n) is 8.40. The molecule has 5 heteroatoms. The Labute approximate surface area is 194 Å². The van der Waals surface area contributed by atoms with Crippen LogP contribution in [0.15, 0.2) is 72.4 Å². The third kappa shape index (κ3) is 4.67. The van der Waals surface area contributed by atoms with Gasteiger partial charge in [0.25, 0.3) is 11.8 Å². The van der Waals surface area contributed by atoms with Crippen LogP contribution in [0.4, 0.5) is 5.69 Å². The van der Waals surface area contributed by atoms with Gasteiger partial charge >= 0.3 is 0 Å². The lowest BCUT2D eigenvalue weighted by Gasteiger charge is -2.15. The summed E-state index contributed by atoms with van der Waals surface area (Å²) in [4.78, 5) is 28.2. The molecule has 1 aliphatic rings. The molecule has 3 aromatic rings. The van der Waals surface area contributed by atoms with Crippen molar-refractivity contribution in [3.05, 3.63) is 100 Å². The second kappa shape index (κ2) is 9.33. The van der Waals surface area contributed by atoms with Gasteiger partial charge in [-0.15, -0.1) is 0 Å². The van der Waals surface area contributed by atoms with E-state index < -0.39 is 0 Å². The number of ether oxygens (including phenoxy) is 1. The molecular formula is C28H28N2O3. The number of carbonyl (C=O) groups is 2. The Morgan fingerprint density at radius 2 is 1.52 bits per heavy atom. The van der Waals surface area contributed by atoms with E-state index in [4.69, 9.17) is 4.74 Å². The lowest BCUT2D eigenvalue weighted by molar-refractivity contribution is -0.136. The highest BCUT2D eigenvalue weighted by molar-refractivity contribution is 6.36. The van der Waals surface area contributed by atoms with Crippen LogP contribution in [0.25, 0.3) is 5.57 Å². The molecule has 0 saturated heterocycles. The predicted molar refractivity (Wildman–Crippen MR) is 131 cm³/mol. The van der Waals surface area contributed by atoms with Crippen molar-refractivity contribution in [1.82, 2.24) is 4.90 Å². The first kappa shape index (κ1) is 22.3. The summed E-state index contributed by atoms with van der Waals surface area (Å²) in [5.41, 5.74) is 6.63. The smallest absolute Gasteiger partial charge is 0.278 e. The molecule has 3 aromatic carbocycles. The third-order valence-corrected chi connectivity index (χ3v) is 6.07. The summed E-state index contributed by atoms with van der Waals surface area (Å²) in [6, 6.07) is 21.3. The van der Waals surface area contributed by atoms with E-state index in [9.17, 15) is 9.59 Å². The minimum Gasteiger partial charge on any atom is -0.497 e. The molecule has 1 N–H and O–H groups in total. The van der Waals surface area contributed by atoms with E-state index in [0.29, 0.717) is 24.2 Å². The van der Waals surface area contributed by atoms with Crippen molar-refractivity contribution >= 4 is 23.1 Å². The van der Waals surface area contributed by atoms with Crippen LogP contribution in [0, 0.1) is 20.8 Å². The number of aryl methyl sites for hydroxylation is 3. The van der Waals surface area contributed by atoms with E-state index in [-0.39, 0.29) is 11.8 Å². The number of amides is 2. The number of nitrogens with one attached hydrogen (secondary N) is 1. The van der Waals surface area contributed by atoms with Crippen LogP contribution in [0.2, 0.25) is 0 Å². The molecule has 0 atom stereocenters. The molecule has 1 aliphatic heterocycles. The van der Waals surface area contributed by atoms with Gasteiger partial charge in [-0.2, -0.15) is 0 Å². The van der Waals surface area contributed by atoms with Gasteiger partial charge in [0.05, 0.1) is 12.7 Å². The monoisotopic (exact) mass is 440 g/mol. The van der Waals surface area contributed by atoms with E-state index >= 15 is 0 Å². The topological polar surface area (TPSA) is 58.6 Å². The minimum atomic E-state index is -0.303. The van der Waals surface area contributed by atoms with Crippen LogP contribution >= 0.6 is 0 Å². The van der Waals surface area contributed by atoms with Gasteiger partial charge in [-0.1, -0.05) is 48.0 Å². The lowest BCUT2D eigenvalue weighted by Crippen LogP contribution is -2.34. The molecule has 0 spiro atoms. The van der Waals surface area contributed by atoms with Crippen LogP contribution in [-0.4, -0.2) is 30.4 Å². The Morgan fingerprint density at radius 3 is 2.15 bits per heavy atom. The molecule has 0 bridgehead atoms. The number of methoxy groups -OCH3 is 1. The van der Waals surface area contributed by atoms with Crippen molar-refractivity contribution in [2.24, 2.45) is 0 Å². The van der Waals surface area contributed by atoms with Gasteiger partial charge < -0.3 is 10.1 Å². The molecule has 0 saturated carbocycles. The third-order valence-electron chi connectivity index (χ3n) is 6.07. The first-order valence-corrected chi connectivity index (χ1v) is 11.0. The van der Waals surface area contributed by atoms with E-state index in [0.717, 1.165) is 39.3 Å². The lowest BCUT2D eigenvalue weighted by atomic mass is 9.99. The number of rotatable bonds is 7. The van der Waals surface area contributed by atoms with Crippen LogP contribution < -0.4 is 10.1 Å². The van der Waals surface area contributed by atoms with Crippen LogP contribution in [0.3, 0.4) is 0 Å². The van der Waals surface area contributed by atoms with Crippen molar-refractivity contribution in [1.29, 1.82) is 0 Å². The minimum absolute atomic E-state index is 0.272. The summed E-state index contributed by atoms with van der Waals surface area (Å²) >= 11 is 0. The average Bonchev–Trinajstić information content (AvgIpc) is 3.05. The standard InChI is InChI=1S/C28H28N2O3/c1-18-5-11-23(12-6-18)29-26-25(22-10-7-19(2)20(3)17-22)27(31)30(28(26)32)16-15-21-8-13-24(33-4)14-9-21/h5-14,17,29H,15-16H2,1-4H3. The number of carbonyl (C=O) groups excluding carboxylic acids is 2. The summed E-state index contributed by atoms with van der Waals surface area (Å²) in [5, 5.41) is 3.23. The number of imide groups is 1. The number of anilines is 1. The summed E-state index contributed by atoms with van der Waals surface area (Å²) in [5.74, 6) is 0.198. The molecule has 33 heavy (non-hydrogen) atoms. The molecule has 1 heterocycles. The zero-order valence-electron chi connectivity index (χ0n) is 19.4. The van der Waals surface area contributed by atoms with Crippen LogP contribution in [0.5, 0.6) is 5.75 Å². The first-order chi connectivity index (χ1) is 15.9. The Morgan fingerprint density at radius 1 is 0.818 bits per heavy atom. The largest absolute Gasteiger partial charge is 0.497 e. The molecule has 0 aromatic heterocycles. The zero-order valence-corrected chi connectivity index (χ0v) is 19.4. The first-order valence-electron chi connectivity index (χ1n) is 11.0. The van der Waals surface area contributed by atoms with Crippen molar-refractivity contribution in [3.63, 3.8) is 0 Å². The number of nitrogens with zero attached hydrogens (tertiary/aromatic N) is 1. The normalized spacial score (nSPS) is 13.6. The number of hydrogen-bond donors (Lipinski definition) is 1. The Hall–Kier alpha value is -3.86. The molecule has 0 aliphatic carbocycles.